The molecular weight excluding hydrogens is 224 g/mol. The molecule has 1 aromatic carbocycles. The molecule has 0 aliphatic rings. The second-order valence-electron chi connectivity index (χ2n) is 4.47. The van der Waals surface area contributed by atoms with Gasteiger partial charge in [0, 0.05) is 0 Å². The lowest BCUT2D eigenvalue weighted by Crippen LogP contribution is -2.31. The number of hydrogen-bond acceptors (Lipinski definition) is 1. The molecular formula is C12H15ClOSi. The van der Waals surface area contributed by atoms with E-state index in [9.17, 15) is 4.79 Å². The minimum Gasteiger partial charge on any atom is -0.301 e. The zero-order valence-electron chi connectivity index (χ0n) is 9.25. The maximum Gasteiger partial charge on any atom is 0.134 e. The Bertz CT molecular complexity index is 376. The van der Waals surface area contributed by atoms with Crippen molar-refractivity contribution in [3.8, 4) is 0 Å². The van der Waals surface area contributed by atoms with Gasteiger partial charge in [-0.3, -0.25) is 0 Å². The summed E-state index contributed by atoms with van der Waals surface area (Å²) in [6.45, 7) is 6.04. The Kier molecular flexibility index (Phi) is 3.88. The van der Waals surface area contributed by atoms with Crippen molar-refractivity contribution in [1.29, 1.82) is 0 Å². The number of carbonyl (C=O) groups excluding carboxylic acids is 1. The van der Waals surface area contributed by atoms with Crippen LogP contribution in [-0.2, 0) is 4.79 Å². The van der Waals surface area contributed by atoms with Gasteiger partial charge >= 0.3 is 0 Å². The van der Waals surface area contributed by atoms with Crippen molar-refractivity contribution in [2.24, 2.45) is 0 Å². The highest BCUT2D eigenvalue weighted by Gasteiger charge is 2.22. The minimum atomic E-state index is -1.76. The number of carbonyl (C=O) groups is 1. The molecule has 0 fully saturated rings. The maximum absolute atomic E-state index is 11.7. The Hall–Kier alpha value is -0.863. The Morgan fingerprint density at radius 2 is 1.73 bits per heavy atom. The third kappa shape index (κ3) is 3.65. The topological polar surface area (TPSA) is 17.1 Å². The fourth-order valence-electron chi connectivity index (χ4n) is 1.01. The van der Waals surface area contributed by atoms with E-state index in [0.717, 1.165) is 5.56 Å². The van der Waals surface area contributed by atoms with Crippen LogP contribution in [0.5, 0.6) is 0 Å². The highest BCUT2D eigenvalue weighted by atomic mass is 35.5. The van der Waals surface area contributed by atoms with Crippen LogP contribution in [0, 0.1) is 0 Å². The van der Waals surface area contributed by atoms with Crippen molar-refractivity contribution in [3.63, 3.8) is 0 Å². The summed E-state index contributed by atoms with van der Waals surface area (Å²) in [6.07, 6.45) is 1.56. The van der Waals surface area contributed by atoms with Gasteiger partial charge in [0.1, 0.15) is 13.5 Å². The summed E-state index contributed by atoms with van der Waals surface area (Å²) in [4.78, 5) is 11.7. The summed E-state index contributed by atoms with van der Waals surface area (Å²) in [5, 5.41) is 0.708. The minimum absolute atomic E-state index is 0.177. The Balaban J connectivity index is 2.91. The van der Waals surface area contributed by atoms with Crippen LogP contribution in [0.3, 0.4) is 0 Å². The van der Waals surface area contributed by atoms with Gasteiger partial charge in [-0.25, -0.2) is 0 Å². The number of rotatable bonds is 3. The summed E-state index contributed by atoms with van der Waals surface area (Å²) >= 11 is 6.07. The molecule has 0 atom stereocenters. The van der Waals surface area contributed by atoms with Crippen LogP contribution in [0.2, 0.25) is 19.6 Å². The molecule has 0 aromatic heterocycles. The predicted molar refractivity (Wildman–Crippen MR) is 68.6 cm³/mol. The second kappa shape index (κ2) is 4.77. The number of halogens is 1. The summed E-state index contributed by atoms with van der Waals surface area (Å²) in [5.41, 5.74) is 0.894. The van der Waals surface area contributed by atoms with E-state index in [1.165, 1.54) is 0 Å². The zero-order chi connectivity index (χ0) is 11.5. The van der Waals surface area contributed by atoms with E-state index in [0.29, 0.717) is 5.03 Å². The second-order valence-corrected chi connectivity index (χ2v) is 9.87. The SMILES string of the molecule is C[Si](C)(C)C(=O)C=C(Cl)c1ccccc1. The Labute approximate surface area is 96.8 Å². The summed E-state index contributed by atoms with van der Waals surface area (Å²) in [6, 6.07) is 9.54. The average Bonchev–Trinajstić information content (AvgIpc) is 2.17. The third-order valence-electron chi connectivity index (χ3n) is 2.05. The van der Waals surface area contributed by atoms with Gasteiger partial charge in [0.25, 0.3) is 0 Å². The summed E-state index contributed by atoms with van der Waals surface area (Å²) in [5.74, 6) is 0. The van der Waals surface area contributed by atoms with Crippen LogP contribution < -0.4 is 0 Å². The highest BCUT2D eigenvalue weighted by Crippen LogP contribution is 2.19. The lowest BCUT2D eigenvalue weighted by Gasteiger charge is -2.10. The largest absolute Gasteiger partial charge is 0.301 e. The van der Waals surface area contributed by atoms with Gasteiger partial charge in [-0.05, 0) is 11.6 Å². The van der Waals surface area contributed by atoms with E-state index in [1.54, 1.807) is 6.08 Å². The zero-order valence-corrected chi connectivity index (χ0v) is 11.0. The maximum atomic E-state index is 11.7. The molecule has 0 aliphatic carbocycles. The molecule has 1 nitrogen and oxygen atoms in total. The number of hydrogen-bond donors (Lipinski definition) is 0. The van der Waals surface area contributed by atoms with Crippen LogP contribution >= 0.6 is 11.6 Å². The first-order valence-electron chi connectivity index (χ1n) is 4.88. The van der Waals surface area contributed by atoms with Crippen LogP contribution in [0.4, 0.5) is 0 Å². The quantitative estimate of drug-likeness (QED) is 0.580. The highest BCUT2D eigenvalue weighted by molar-refractivity contribution is 7.05. The molecule has 0 unspecified atom stereocenters. The van der Waals surface area contributed by atoms with E-state index < -0.39 is 8.07 Å². The Morgan fingerprint density at radius 1 is 1.20 bits per heavy atom. The molecule has 0 saturated carbocycles. The van der Waals surface area contributed by atoms with Crippen molar-refractivity contribution >= 4 is 30.1 Å². The number of benzene rings is 1. The van der Waals surface area contributed by atoms with Crippen LogP contribution in [0.1, 0.15) is 5.56 Å². The lowest BCUT2D eigenvalue weighted by molar-refractivity contribution is -0.108. The number of allylic oxidation sites excluding steroid dienone is 1. The first kappa shape index (κ1) is 12.2. The molecule has 15 heavy (non-hydrogen) atoms. The van der Waals surface area contributed by atoms with Gasteiger partial charge in [0.05, 0.1) is 5.03 Å². The van der Waals surface area contributed by atoms with Gasteiger partial charge in [-0.2, -0.15) is 0 Å². The monoisotopic (exact) mass is 238 g/mol. The van der Waals surface area contributed by atoms with Crippen molar-refractivity contribution in [1.82, 2.24) is 0 Å². The van der Waals surface area contributed by atoms with Crippen LogP contribution in [0.15, 0.2) is 36.4 Å². The predicted octanol–water partition coefficient (Wildman–Crippen LogP) is 3.71. The van der Waals surface area contributed by atoms with Crippen molar-refractivity contribution < 1.29 is 4.79 Å². The molecule has 0 amide bonds. The van der Waals surface area contributed by atoms with Gasteiger partial charge in [-0.15, -0.1) is 0 Å². The van der Waals surface area contributed by atoms with Crippen molar-refractivity contribution in [3.05, 3.63) is 42.0 Å². The molecule has 3 heteroatoms. The van der Waals surface area contributed by atoms with Crippen LogP contribution in [-0.4, -0.2) is 13.5 Å². The van der Waals surface area contributed by atoms with Gasteiger partial charge in [0.2, 0.25) is 0 Å². The van der Waals surface area contributed by atoms with E-state index in [1.807, 2.05) is 50.0 Å². The van der Waals surface area contributed by atoms with E-state index in [-0.39, 0.29) is 5.41 Å². The summed E-state index contributed by atoms with van der Waals surface area (Å²) < 4.78 is 0. The first-order valence-corrected chi connectivity index (χ1v) is 8.76. The molecule has 0 spiro atoms. The molecule has 0 heterocycles. The molecule has 0 aliphatic heterocycles. The fraction of sp³-hybridized carbons (Fsp3) is 0.250. The van der Waals surface area contributed by atoms with Crippen molar-refractivity contribution in [2.45, 2.75) is 19.6 Å². The average molecular weight is 239 g/mol. The van der Waals surface area contributed by atoms with Gasteiger partial charge in [-0.1, -0.05) is 61.6 Å². The molecule has 1 aromatic rings. The molecule has 80 valence electrons. The molecule has 0 radical (unpaired) electrons. The molecule has 0 N–H and O–H groups in total. The Morgan fingerprint density at radius 3 is 2.20 bits per heavy atom. The van der Waals surface area contributed by atoms with Crippen molar-refractivity contribution in [2.75, 3.05) is 0 Å². The molecule has 0 bridgehead atoms. The molecule has 1 rings (SSSR count). The third-order valence-corrected chi connectivity index (χ3v) is 4.00. The summed E-state index contributed by atoms with van der Waals surface area (Å²) in [7, 11) is -1.76. The van der Waals surface area contributed by atoms with E-state index >= 15 is 0 Å². The lowest BCUT2D eigenvalue weighted by atomic mass is 10.2. The fourth-order valence-corrected chi connectivity index (χ4v) is 1.91. The van der Waals surface area contributed by atoms with Gasteiger partial charge < -0.3 is 4.79 Å². The van der Waals surface area contributed by atoms with Crippen LogP contribution in [0.25, 0.3) is 5.03 Å². The molecule has 0 saturated heterocycles. The first-order chi connectivity index (χ1) is 6.91. The van der Waals surface area contributed by atoms with E-state index in [2.05, 4.69) is 0 Å². The van der Waals surface area contributed by atoms with E-state index in [4.69, 9.17) is 11.6 Å². The standard InChI is InChI=1S/C12H15ClOSi/c1-15(2,3)12(14)9-11(13)10-7-5-4-6-8-10/h4-9H,1-3H3. The normalized spacial score (nSPS) is 12.7. The van der Waals surface area contributed by atoms with Gasteiger partial charge in [0.15, 0.2) is 0 Å². The smallest absolute Gasteiger partial charge is 0.134 e.